The Hall–Kier alpha value is -4.08. The van der Waals surface area contributed by atoms with Crippen molar-refractivity contribution in [1.29, 1.82) is 0 Å². The monoisotopic (exact) mass is 481 g/mol. The number of carbonyl (C=O) groups excluding carboxylic acids is 1. The van der Waals surface area contributed by atoms with Gasteiger partial charge in [-0.3, -0.25) is 4.79 Å². The molecule has 0 aliphatic heterocycles. The number of para-hydroxylation sites is 1. The third-order valence-corrected chi connectivity index (χ3v) is 5.98. The van der Waals surface area contributed by atoms with Gasteiger partial charge in [-0.2, -0.15) is 23.4 Å². The molecule has 180 valence electrons. The molecule has 4 aromatic rings. The first-order valence-corrected chi connectivity index (χ1v) is 11.1. The van der Waals surface area contributed by atoms with Crippen molar-refractivity contribution in [3.8, 4) is 17.1 Å². The molecule has 2 heterocycles. The molecule has 1 aliphatic carbocycles. The minimum Gasteiger partial charge on any atom is -0.493 e. The number of benzene rings is 2. The Bertz CT molecular complexity index is 1380. The van der Waals surface area contributed by atoms with Gasteiger partial charge in [-0.05, 0) is 55.2 Å². The molecule has 0 saturated carbocycles. The van der Waals surface area contributed by atoms with Gasteiger partial charge in [0, 0.05) is 5.69 Å². The second kappa shape index (κ2) is 8.94. The second-order valence-corrected chi connectivity index (χ2v) is 8.19. The topological polar surface area (TPSA) is 74.0 Å². The van der Waals surface area contributed by atoms with E-state index in [2.05, 4.69) is 10.4 Å². The van der Waals surface area contributed by atoms with Crippen LogP contribution in [0.2, 0.25) is 0 Å². The van der Waals surface area contributed by atoms with Crippen molar-refractivity contribution in [1.82, 2.24) is 24.9 Å². The highest BCUT2D eigenvalue weighted by Crippen LogP contribution is 2.31. The maximum absolute atomic E-state index is 13.1. The van der Waals surface area contributed by atoms with E-state index >= 15 is 0 Å². The van der Waals surface area contributed by atoms with Gasteiger partial charge < -0.3 is 10.1 Å². The average Bonchev–Trinajstić information content (AvgIpc) is 3.58. The normalized spacial score (nSPS) is 13.0. The van der Waals surface area contributed by atoms with Gasteiger partial charge in [0.1, 0.15) is 0 Å². The van der Waals surface area contributed by atoms with Crippen molar-refractivity contribution in [2.24, 2.45) is 0 Å². The van der Waals surface area contributed by atoms with Crippen LogP contribution in [-0.4, -0.2) is 32.6 Å². The predicted octanol–water partition coefficient (Wildman–Crippen LogP) is 4.50. The average molecular weight is 481 g/mol. The number of rotatable bonds is 6. The molecule has 35 heavy (non-hydrogen) atoms. The number of nitrogens with one attached hydrogen (secondary N) is 1. The highest BCUT2D eigenvalue weighted by Gasteiger charge is 2.31. The SMILES string of the molecule is COc1cn(-c2cccc(C(F)(F)F)c2)nc1C(=O)NCc1nn(-c2ccccc2)c2c1CCC2. The van der Waals surface area contributed by atoms with Gasteiger partial charge in [-0.15, -0.1) is 0 Å². The summed E-state index contributed by atoms with van der Waals surface area (Å²) in [6, 6.07) is 14.5. The lowest BCUT2D eigenvalue weighted by Crippen LogP contribution is -2.24. The Morgan fingerprint density at radius 1 is 1.06 bits per heavy atom. The summed E-state index contributed by atoms with van der Waals surface area (Å²) in [5.74, 6) is -0.353. The quantitative estimate of drug-likeness (QED) is 0.440. The van der Waals surface area contributed by atoms with Crippen LogP contribution in [0.5, 0.6) is 5.75 Å². The van der Waals surface area contributed by atoms with Crippen molar-refractivity contribution < 1.29 is 22.7 Å². The van der Waals surface area contributed by atoms with E-state index in [0.717, 1.165) is 54.0 Å². The van der Waals surface area contributed by atoms with E-state index < -0.39 is 17.6 Å². The Kier molecular flexibility index (Phi) is 5.80. The zero-order valence-electron chi connectivity index (χ0n) is 18.8. The number of methoxy groups -OCH3 is 1. The highest BCUT2D eigenvalue weighted by molar-refractivity contribution is 5.94. The Morgan fingerprint density at radius 3 is 2.57 bits per heavy atom. The molecular weight excluding hydrogens is 459 g/mol. The molecule has 1 N–H and O–H groups in total. The molecule has 0 spiro atoms. The molecule has 0 saturated heterocycles. The maximum atomic E-state index is 13.1. The summed E-state index contributed by atoms with van der Waals surface area (Å²) < 4.78 is 47.7. The smallest absolute Gasteiger partial charge is 0.416 e. The van der Waals surface area contributed by atoms with Gasteiger partial charge in [0.25, 0.3) is 5.91 Å². The third kappa shape index (κ3) is 4.39. The Morgan fingerprint density at radius 2 is 1.83 bits per heavy atom. The predicted molar refractivity (Wildman–Crippen MR) is 122 cm³/mol. The van der Waals surface area contributed by atoms with Crippen molar-refractivity contribution in [3.05, 3.63) is 89.0 Å². The van der Waals surface area contributed by atoms with E-state index in [9.17, 15) is 18.0 Å². The fraction of sp³-hybridized carbons (Fsp3) is 0.240. The lowest BCUT2D eigenvalue weighted by molar-refractivity contribution is -0.137. The van der Waals surface area contributed by atoms with Crippen LogP contribution in [-0.2, 0) is 25.6 Å². The van der Waals surface area contributed by atoms with Crippen LogP contribution in [0.4, 0.5) is 13.2 Å². The number of carbonyl (C=O) groups is 1. The zero-order valence-corrected chi connectivity index (χ0v) is 18.8. The van der Waals surface area contributed by atoms with Crippen molar-refractivity contribution in [2.75, 3.05) is 7.11 Å². The lowest BCUT2D eigenvalue weighted by atomic mass is 10.2. The summed E-state index contributed by atoms with van der Waals surface area (Å²) in [6.45, 7) is 0.195. The van der Waals surface area contributed by atoms with Gasteiger partial charge in [-0.25, -0.2) is 9.36 Å². The van der Waals surface area contributed by atoms with Crippen LogP contribution in [0.1, 0.15) is 39.4 Å². The molecule has 2 aromatic heterocycles. The molecule has 7 nitrogen and oxygen atoms in total. The number of hydrogen-bond acceptors (Lipinski definition) is 4. The van der Waals surface area contributed by atoms with Crippen LogP contribution in [0.15, 0.2) is 60.8 Å². The van der Waals surface area contributed by atoms with Crippen molar-refractivity contribution in [3.63, 3.8) is 0 Å². The summed E-state index contributed by atoms with van der Waals surface area (Å²) >= 11 is 0. The fourth-order valence-electron chi connectivity index (χ4n) is 4.31. The van der Waals surface area contributed by atoms with Crippen LogP contribution >= 0.6 is 0 Å². The molecule has 1 amide bonds. The van der Waals surface area contributed by atoms with Crippen molar-refractivity contribution >= 4 is 5.91 Å². The first-order chi connectivity index (χ1) is 16.8. The third-order valence-electron chi connectivity index (χ3n) is 5.98. The molecule has 0 radical (unpaired) electrons. The van der Waals surface area contributed by atoms with Gasteiger partial charge in [0.05, 0.1) is 42.5 Å². The van der Waals surface area contributed by atoms with E-state index in [1.807, 2.05) is 35.0 Å². The number of amides is 1. The number of fused-ring (bicyclic) bond motifs is 1. The van der Waals surface area contributed by atoms with E-state index in [1.165, 1.54) is 30.1 Å². The van der Waals surface area contributed by atoms with Crippen molar-refractivity contribution in [2.45, 2.75) is 32.0 Å². The number of nitrogens with zero attached hydrogens (tertiary/aromatic N) is 4. The van der Waals surface area contributed by atoms with Crippen LogP contribution in [0.25, 0.3) is 11.4 Å². The Balaban J connectivity index is 1.38. The molecule has 10 heteroatoms. The lowest BCUT2D eigenvalue weighted by Gasteiger charge is -2.08. The molecular formula is C25H22F3N5O2. The number of hydrogen-bond donors (Lipinski definition) is 1. The number of halogens is 3. The Labute approximate surface area is 199 Å². The van der Waals surface area contributed by atoms with Crippen LogP contribution in [0.3, 0.4) is 0 Å². The van der Waals surface area contributed by atoms with Gasteiger partial charge in [-0.1, -0.05) is 24.3 Å². The summed E-state index contributed by atoms with van der Waals surface area (Å²) in [5.41, 5.74) is 3.36. The molecule has 0 unspecified atom stereocenters. The number of alkyl halides is 3. The minimum absolute atomic E-state index is 0.0240. The van der Waals surface area contributed by atoms with E-state index in [-0.39, 0.29) is 23.7 Å². The van der Waals surface area contributed by atoms with E-state index in [4.69, 9.17) is 9.84 Å². The van der Waals surface area contributed by atoms with Gasteiger partial charge >= 0.3 is 6.18 Å². The summed E-state index contributed by atoms with van der Waals surface area (Å²) in [6.07, 6.45) is -0.277. The molecule has 0 atom stereocenters. The van der Waals surface area contributed by atoms with Crippen LogP contribution in [0, 0.1) is 0 Å². The molecule has 0 bridgehead atoms. The van der Waals surface area contributed by atoms with Gasteiger partial charge in [0.2, 0.25) is 0 Å². The summed E-state index contributed by atoms with van der Waals surface area (Å²) in [7, 11) is 1.37. The standard InChI is InChI=1S/C25H22F3N5O2/c1-35-22-15-32(18-10-5-7-16(13-18)25(26,27)28)31-23(22)24(34)29-14-20-19-11-6-12-21(19)33(30-20)17-8-3-2-4-9-17/h2-5,7-10,13,15H,6,11-12,14H2,1H3,(H,29,34). The fourth-order valence-corrected chi connectivity index (χ4v) is 4.31. The molecule has 2 aromatic carbocycles. The first kappa shape index (κ1) is 22.7. The summed E-state index contributed by atoms with van der Waals surface area (Å²) in [4.78, 5) is 13.0. The minimum atomic E-state index is -4.49. The summed E-state index contributed by atoms with van der Waals surface area (Å²) in [5, 5.41) is 11.8. The maximum Gasteiger partial charge on any atom is 0.416 e. The zero-order chi connectivity index (χ0) is 24.6. The molecule has 1 aliphatic rings. The number of aromatic nitrogens is 4. The largest absolute Gasteiger partial charge is 0.493 e. The second-order valence-electron chi connectivity index (χ2n) is 8.19. The number of ether oxygens (including phenoxy) is 1. The van der Waals surface area contributed by atoms with E-state index in [0.29, 0.717) is 0 Å². The van der Waals surface area contributed by atoms with E-state index in [1.54, 1.807) is 0 Å². The highest BCUT2D eigenvalue weighted by atomic mass is 19.4. The first-order valence-electron chi connectivity index (χ1n) is 11.1. The molecule has 5 rings (SSSR count). The van der Waals surface area contributed by atoms with Crippen LogP contribution < -0.4 is 10.1 Å². The van der Waals surface area contributed by atoms with Gasteiger partial charge in [0.15, 0.2) is 11.4 Å². The molecule has 0 fully saturated rings.